The van der Waals surface area contributed by atoms with Gasteiger partial charge in [-0.05, 0) is 5.41 Å². The van der Waals surface area contributed by atoms with Crippen LogP contribution >= 0.6 is 0 Å². The van der Waals surface area contributed by atoms with Crippen molar-refractivity contribution >= 4 is 0 Å². The molecule has 0 amide bonds. The number of nitrogens with one attached hydrogen (secondary N) is 1. The first kappa shape index (κ1) is 5.10. The third kappa shape index (κ3) is 1.16. The molecule has 0 unspecified atom stereocenters. The van der Waals surface area contributed by atoms with Crippen LogP contribution in [-0.4, -0.2) is 12.6 Å². The lowest BCUT2D eigenvalue weighted by molar-refractivity contribution is 0.403. The van der Waals surface area contributed by atoms with Crippen molar-refractivity contribution in [2.45, 2.75) is 26.8 Å². The third-order valence-corrected chi connectivity index (χ3v) is 1.45. The van der Waals surface area contributed by atoms with Gasteiger partial charge in [0.15, 0.2) is 0 Å². The molecule has 0 saturated carbocycles. The monoisotopic (exact) mass is 99.1 g/mol. The van der Waals surface area contributed by atoms with Gasteiger partial charge in [0.25, 0.3) is 0 Å². The van der Waals surface area contributed by atoms with Crippen molar-refractivity contribution in [3.8, 4) is 0 Å². The molecule has 1 fully saturated rings. The summed E-state index contributed by atoms with van der Waals surface area (Å²) < 4.78 is 0. The fourth-order valence-corrected chi connectivity index (χ4v) is 0.671. The van der Waals surface area contributed by atoms with Gasteiger partial charge in [-0.1, -0.05) is 20.8 Å². The zero-order chi connectivity index (χ0) is 5.49. The highest BCUT2D eigenvalue weighted by Crippen LogP contribution is 2.24. The van der Waals surface area contributed by atoms with E-state index in [0.29, 0.717) is 5.41 Å². The predicted octanol–water partition coefficient (Wildman–Crippen LogP) is 1.00. The molecule has 0 spiro atoms. The van der Waals surface area contributed by atoms with Crippen molar-refractivity contribution in [2.75, 3.05) is 6.54 Å². The van der Waals surface area contributed by atoms with E-state index in [-0.39, 0.29) is 0 Å². The molecule has 0 aromatic carbocycles. The van der Waals surface area contributed by atoms with Crippen molar-refractivity contribution in [2.24, 2.45) is 5.41 Å². The molecule has 1 heterocycles. The van der Waals surface area contributed by atoms with Crippen LogP contribution < -0.4 is 5.32 Å². The molecule has 1 nitrogen and oxygen atoms in total. The second-order valence-corrected chi connectivity index (χ2v) is 3.33. The summed E-state index contributed by atoms with van der Waals surface area (Å²) in [6.45, 7) is 8.01. The van der Waals surface area contributed by atoms with E-state index in [4.69, 9.17) is 0 Å². The van der Waals surface area contributed by atoms with Crippen LogP contribution in [0.15, 0.2) is 0 Å². The van der Waals surface area contributed by atoms with Crippen LogP contribution in [0.2, 0.25) is 0 Å². The summed E-state index contributed by atoms with van der Waals surface area (Å²) in [7, 11) is 0. The Bertz CT molecular complexity index is 66.7. The first-order valence-corrected chi connectivity index (χ1v) is 2.84. The zero-order valence-corrected chi connectivity index (χ0v) is 5.28. The quantitative estimate of drug-likeness (QED) is 0.450. The molecule has 0 aliphatic carbocycles. The Morgan fingerprint density at radius 2 is 1.86 bits per heavy atom. The summed E-state index contributed by atoms with van der Waals surface area (Å²) in [6, 6.07) is 0.799. The highest BCUT2D eigenvalue weighted by molar-refractivity contribution is 4.93. The molecule has 1 saturated heterocycles. The van der Waals surface area contributed by atoms with E-state index < -0.39 is 0 Å². The van der Waals surface area contributed by atoms with Crippen LogP contribution in [0.3, 0.4) is 0 Å². The van der Waals surface area contributed by atoms with Crippen LogP contribution in [0.4, 0.5) is 0 Å². The average Bonchev–Trinajstić information content (AvgIpc) is 1.99. The summed E-state index contributed by atoms with van der Waals surface area (Å²) in [4.78, 5) is 0. The minimum Gasteiger partial charge on any atom is -0.311 e. The van der Waals surface area contributed by atoms with Gasteiger partial charge in [0.05, 0.1) is 0 Å². The van der Waals surface area contributed by atoms with Crippen LogP contribution in [0, 0.1) is 5.41 Å². The summed E-state index contributed by atoms with van der Waals surface area (Å²) in [5.41, 5.74) is 0.500. The van der Waals surface area contributed by atoms with Crippen molar-refractivity contribution in [3.63, 3.8) is 0 Å². The first-order chi connectivity index (χ1) is 3.11. The fourth-order valence-electron chi connectivity index (χ4n) is 0.671. The average molecular weight is 99.2 g/mol. The van der Waals surface area contributed by atoms with Gasteiger partial charge >= 0.3 is 0 Å². The molecular formula is C6H13N. The van der Waals surface area contributed by atoms with Crippen LogP contribution in [0.5, 0.6) is 0 Å². The lowest BCUT2D eigenvalue weighted by atomic mass is 9.92. The fraction of sp³-hybridized carbons (Fsp3) is 1.00. The maximum atomic E-state index is 3.27. The van der Waals surface area contributed by atoms with Gasteiger partial charge in [-0.2, -0.15) is 0 Å². The molecule has 0 aromatic rings. The van der Waals surface area contributed by atoms with E-state index in [1.165, 1.54) is 6.54 Å². The summed E-state index contributed by atoms with van der Waals surface area (Å²) in [5, 5.41) is 3.27. The van der Waals surface area contributed by atoms with E-state index in [0.717, 1.165) is 6.04 Å². The van der Waals surface area contributed by atoms with Crippen molar-refractivity contribution in [1.29, 1.82) is 0 Å². The smallest absolute Gasteiger partial charge is 0.0241 e. The number of rotatable bonds is 0. The van der Waals surface area contributed by atoms with E-state index >= 15 is 0 Å². The molecule has 0 radical (unpaired) electrons. The Morgan fingerprint density at radius 1 is 1.43 bits per heavy atom. The summed E-state index contributed by atoms with van der Waals surface area (Å²) >= 11 is 0. The maximum Gasteiger partial charge on any atom is 0.0241 e. The van der Waals surface area contributed by atoms with Crippen LogP contribution in [0.25, 0.3) is 0 Å². The van der Waals surface area contributed by atoms with Gasteiger partial charge in [-0.25, -0.2) is 0 Å². The molecule has 1 atom stereocenters. The highest BCUT2D eigenvalue weighted by atomic mass is 15.1. The molecule has 42 valence electrons. The van der Waals surface area contributed by atoms with Gasteiger partial charge in [0.1, 0.15) is 0 Å². The zero-order valence-electron chi connectivity index (χ0n) is 5.28. The molecule has 0 bridgehead atoms. The SMILES string of the molecule is CC(C)(C)[C@@H]1CN1. The molecule has 1 N–H and O–H groups in total. The van der Waals surface area contributed by atoms with Gasteiger partial charge in [-0.15, -0.1) is 0 Å². The summed E-state index contributed by atoms with van der Waals surface area (Å²) in [6.07, 6.45) is 0. The van der Waals surface area contributed by atoms with Gasteiger partial charge in [-0.3, -0.25) is 0 Å². The van der Waals surface area contributed by atoms with E-state index in [1.807, 2.05) is 0 Å². The topological polar surface area (TPSA) is 21.9 Å². The molecule has 7 heavy (non-hydrogen) atoms. The minimum absolute atomic E-state index is 0.500. The van der Waals surface area contributed by atoms with Gasteiger partial charge in [0.2, 0.25) is 0 Å². The Kier molecular flexibility index (Phi) is 0.890. The lowest BCUT2D eigenvalue weighted by Crippen LogP contribution is -2.15. The Hall–Kier alpha value is -0.0400. The second-order valence-electron chi connectivity index (χ2n) is 3.33. The number of hydrogen-bond donors (Lipinski definition) is 1. The van der Waals surface area contributed by atoms with Gasteiger partial charge < -0.3 is 5.32 Å². The van der Waals surface area contributed by atoms with E-state index in [2.05, 4.69) is 26.1 Å². The standard InChI is InChI=1S/C6H13N/c1-6(2,3)5-4-7-5/h5,7H,4H2,1-3H3/t5-/m0/s1. The number of hydrogen-bond acceptors (Lipinski definition) is 1. The molecule has 1 aliphatic rings. The third-order valence-electron chi connectivity index (χ3n) is 1.45. The lowest BCUT2D eigenvalue weighted by Gasteiger charge is -2.14. The van der Waals surface area contributed by atoms with E-state index in [1.54, 1.807) is 0 Å². The molecule has 1 aliphatic heterocycles. The molecule has 1 rings (SSSR count). The Labute approximate surface area is 45.1 Å². The van der Waals surface area contributed by atoms with E-state index in [9.17, 15) is 0 Å². The van der Waals surface area contributed by atoms with Crippen molar-refractivity contribution < 1.29 is 0 Å². The molecule has 0 aromatic heterocycles. The minimum atomic E-state index is 0.500. The normalized spacial score (nSPS) is 30.4. The van der Waals surface area contributed by atoms with Crippen molar-refractivity contribution in [3.05, 3.63) is 0 Å². The predicted molar refractivity (Wildman–Crippen MR) is 31.2 cm³/mol. The Balaban J connectivity index is 2.36. The van der Waals surface area contributed by atoms with Crippen LogP contribution in [0.1, 0.15) is 20.8 Å². The highest BCUT2D eigenvalue weighted by Gasteiger charge is 2.32. The molecular weight excluding hydrogens is 86.1 g/mol. The molecule has 1 heteroatoms. The Morgan fingerprint density at radius 3 is 1.86 bits per heavy atom. The van der Waals surface area contributed by atoms with Gasteiger partial charge in [0, 0.05) is 12.6 Å². The van der Waals surface area contributed by atoms with Crippen molar-refractivity contribution in [1.82, 2.24) is 5.32 Å². The second kappa shape index (κ2) is 1.22. The summed E-state index contributed by atoms with van der Waals surface area (Å²) in [5.74, 6) is 0. The first-order valence-electron chi connectivity index (χ1n) is 2.84. The largest absolute Gasteiger partial charge is 0.311 e. The van der Waals surface area contributed by atoms with Crippen LogP contribution in [-0.2, 0) is 0 Å². The maximum absolute atomic E-state index is 3.27.